The topological polar surface area (TPSA) is 46.5 Å². The van der Waals surface area contributed by atoms with Gasteiger partial charge in [0, 0.05) is 5.57 Å². The third kappa shape index (κ3) is 8.17. The lowest BCUT2D eigenvalue weighted by molar-refractivity contribution is -0.105. The number of carbonyl (C=O) groups excluding carboxylic acids is 1. The molecule has 1 fully saturated rings. The summed E-state index contributed by atoms with van der Waals surface area (Å²) in [6.07, 6.45) is 13.1. The van der Waals surface area contributed by atoms with Crippen LogP contribution in [0.2, 0.25) is 0 Å². The minimum absolute atomic E-state index is 0.218. The van der Waals surface area contributed by atoms with E-state index < -0.39 is 0 Å². The lowest BCUT2D eigenvalue weighted by Crippen LogP contribution is -2.13. The molecule has 3 nitrogen and oxygen atoms in total. The predicted octanol–water partition coefficient (Wildman–Crippen LogP) is 5.06. The summed E-state index contributed by atoms with van der Waals surface area (Å²) in [6.45, 7) is 5.05. The highest BCUT2D eigenvalue weighted by Gasteiger charge is 2.21. The smallest absolute Gasteiger partial charge is 0.147 e. The molecule has 1 aliphatic rings. The number of rotatable bonds is 7. The Morgan fingerprint density at radius 3 is 2.32 bits per heavy atom. The summed E-state index contributed by atoms with van der Waals surface area (Å²) >= 11 is 0. The molecule has 1 aromatic rings. The van der Waals surface area contributed by atoms with Gasteiger partial charge in [-0.05, 0) is 75.0 Å². The van der Waals surface area contributed by atoms with Gasteiger partial charge < -0.3 is 9.84 Å². The zero-order valence-electron chi connectivity index (χ0n) is 15.6. The number of methoxy groups -OCH3 is 1. The molecule has 1 aliphatic carbocycles. The Kier molecular flexibility index (Phi) is 10.6. The van der Waals surface area contributed by atoms with Crippen LogP contribution in [0.4, 0.5) is 0 Å². The summed E-state index contributed by atoms with van der Waals surface area (Å²) in [5.74, 6) is 2.68. The van der Waals surface area contributed by atoms with Crippen molar-refractivity contribution in [2.24, 2.45) is 5.92 Å². The molecule has 0 atom stereocenters. The fourth-order valence-corrected chi connectivity index (χ4v) is 3.20. The van der Waals surface area contributed by atoms with Gasteiger partial charge in [-0.2, -0.15) is 0 Å². The molecule has 0 spiro atoms. The minimum Gasteiger partial charge on any atom is -0.497 e. The second kappa shape index (κ2) is 12.5. The van der Waals surface area contributed by atoms with E-state index in [4.69, 9.17) is 9.84 Å². The Balaban J connectivity index is 0.000000450. The quantitative estimate of drug-likeness (QED) is 0.427. The van der Waals surface area contributed by atoms with E-state index in [-0.39, 0.29) is 12.2 Å². The van der Waals surface area contributed by atoms with E-state index in [2.05, 4.69) is 49.9 Å². The van der Waals surface area contributed by atoms with E-state index in [1.807, 2.05) is 0 Å². The van der Waals surface area contributed by atoms with Gasteiger partial charge in [0.05, 0.1) is 13.7 Å². The summed E-state index contributed by atoms with van der Waals surface area (Å²) in [5.41, 5.74) is 1.71. The van der Waals surface area contributed by atoms with Crippen LogP contribution in [0, 0.1) is 5.92 Å². The third-order valence-electron chi connectivity index (χ3n) is 4.78. The second-order valence-corrected chi connectivity index (χ2v) is 6.57. The molecule has 0 bridgehead atoms. The Labute approximate surface area is 152 Å². The van der Waals surface area contributed by atoms with Gasteiger partial charge in [-0.15, -0.1) is 0 Å². The molecular weight excluding hydrogens is 312 g/mol. The van der Waals surface area contributed by atoms with E-state index in [1.165, 1.54) is 44.1 Å². The van der Waals surface area contributed by atoms with E-state index >= 15 is 0 Å². The Bertz CT molecular complexity index is 523. The van der Waals surface area contributed by atoms with Crippen LogP contribution < -0.4 is 4.74 Å². The van der Waals surface area contributed by atoms with Crippen molar-refractivity contribution in [3.63, 3.8) is 0 Å². The first-order valence-corrected chi connectivity index (χ1v) is 9.13. The molecule has 0 aromatic heterocycles. The third-order valence-corrected chi connectivity index (χ3v) is 4.78. The highest BCUT2D eigenvalue weighted by molar-refractivity contribution is 5.72. The van der Waals surface area contributed by atoms with Gasteiger partial charge >= 0.3 is 0 Å². The van der Waals surface area contributed by atoms with Crippen molar-refractivity contribution in [1.29, 1.82) is 0 Å². The van der Waals surface area contributed by atoms with Crippen molar-refractivity contribution in [2.75, 3.05) is 13.7 Å². The van der Waals surface area contributed by atoms with Gasteiger partial charge in [0.25, 0.3) is 0 Å². The number of aliphatic hydroxyl groups excluding tert-OH is 1. The molecule has 0 aliphatic heterocycles. The molecular formula is C22H32O3. The zero-order chi connectivity index (χ0) is 18.5. The van der Waals surface area contributed by atoms with Crippen molar-refractivity contribution in [2.45, 2.75) is 51.4 Å². The Morgan fingerprint density at radius 2 is 1.88 bits per heavy atom. The maximum absolute atomic E-state index is 9.48. The molecule has 0 amide bonds. The molecule has 0 saturated heterocycles. The van der Waals surface area contributed by atoms with Gasteiger partial charge in [-0.25, -0.2) is 0 Å². The summed E-state index contributed by atoms with van der Waals surface area (Å²) in [5, 5.41) is 8.00. The van der Waals surface area contributed by atoms with Crippen molar-refractivity contribution >= 4 is 6.29 Å². The van der Waals surface area contributed by atoms with Crippen LogP contribution in [-0.4, -0.2) is 25.1 Å². The first kappa shape index (κ1) is 21.2. The number of hydrogen-bond donors (Lipinski definition) is 1. The van der Waals surface area contributed by atoms with Gasteiger partial charge in [-0.3, -0.25) is 4.79 Å². The maximum Gasteiger partial charge on any atom is 0.147 e. The molecule has 1 aromatic carbocycles. The average Bonchev–Trinajstić information content (AvgIpc) is 2.68. The molecule has 25 heavy (non-hydrogen) atoms. The van der Waals surface area contributed by atoms with Gasteiger partial charge in [0.2, 0.25) is 0 Å². The number of aliphatic hydroxyl groups is 1. The maximum atomic E-state index is 9.48. The lowest BCUT2D eigenvalue weighted by atomic mass is 9.77. The highest BCUT2D eigenvalue weighted by Crippen LogP contribution is 2.37. The van der Waals surface area contributed by atoms with E-state index in [0.29, 0.717) is 6.29 Å². The van der Waals surface area contributed by atoms with Crippen molar-refractivity contribution in [1.82, 2.24) is 0 Å². The monoisotopic (exact) mass is 344 g/mol. The van der Waals surface area contributed by atoms with Crippen LogP contribution in [0.3, 0.4) is 0 Å². The van der Waals surface area contributed by atoms with E-state index in [0.717, 1.165) is 17.6 Å². The Morgan fingerprint density at radius 1 is 1.24 bits per heavy atom. The second-order valence-electron chi connectivity index (χ2n) is 6.57. The summed E-state index contributed by atoms with van der Waals surface area (Å²) in [6, 6.07) is 8.66. The SMILES string of the molecule is C/C=C/CCC1CCC(c2ccc(OC)cc2)CC1.C=C(C=O)CO. The summed E-state index contributed by atoms with van der Waals surface area (Å²) < 4.78 is 5.22. The molecule has 0 heterocycles. The van der Waals surface area contributed by atoms with Crippen LogP contribution in [0.25, 0.3) is 0 Å². The fraction of sp³-hybridized carbons (Fsp3) is 0.500. The minimum atomic E-state index is -0.233. The molecule has 3 heteroatoms. The van der Waals surface area contributed by atoms with Gasteiger partial charge in [-0.1, -0.05) is 30.9 Å². The number of aldehydes is 1. The van der Waals surface area contributed by atoms with Crippen molar-refractivity contribution < 1.29 is 14.6 Å². The normalized spacial score (nSPS) is 19.8. The van der Waals surface area contributed by atoms with E-state index in [9.17, 15) is 4.79 Å². The molecule has 1 N–H and O–H groups in total. The average molecular weight is 344 g/mol. The number of hydrogen-bond acceptors (Lipinski definition) is 3. The Hall–Kier alpha value is -1.87. The number of ether oxygens (including phenoxy) is 1. The van der Waals surface area contributed by atoms with Crippen LogP contribution in [-0.2, 0) is 4.79 Å². The van der Waals surface area contributed by atoms with E-state index in [1.54, 1.807) is 7.11 Å². The molecule has 2 rings (SSSR count). The van der Waals surface area contributed by atoms with Crippen LogP contribution in [0.5, 0.6) is 5.75 Å². The summed E-state index contributed by atoms with van der Waals surface area (Å²) in [4.78, 5) is 9.48. The highest BCUT2D eigenvalue weighted by atomic mass is 16.5. The fourth-order valence-electron chi connectivity index (χ4n) is 3.20. The van der Waals surface area contributed by atoms with Crippen LogP contribution in [0.15, 0.2) is 48.6 Å². The number of carbonyl (C=O) groups is 1. The largest absolute Gasteiger partial charge is 0.497 e. The standard InChI is InChI=1S/C18H26O.C4H6O2/c1-3-4-5-6-15-7-9-16(10-8-15)17-11-13-18(19-2)14-12-17;1-4(2-5)3-6/h3-4,11-16H,5-10H2,1-2H3;2,6H,1,3H2/b4-3+;. The van der Waals surface area contributed by atoms with Crippen molar-refractivity contribution in [3.8, 4) is 5.75 Å². The molecule has 0 unspecified atom stereocenters. The molecule has 0 radical (unpaired) electrons. The van der Waals surface area contributed by atoms with Gasteiger partial charge in [0.1, 0.15) is 12.0 Å². The van der Waals surface area contributed by atoms with Gasteiger partial charge in [0.15, 0.2) is 0 Å². The van der Waals surface area contributed by atoms with Crippen LogP contribution in [0.1, 0.15) is 56.9 Å². The number of allylic oxidation sites excluding steroid dienone is 2. The lowest BCUT2D eigenvalue weighted by Gasteiger charge is -2.28. The summed E-state index contributed by atoms with van der Waals surface area (Å²) in [7, 11) is 1.73. The molecule has 138 valence electrons. The predicted molar refractivity (Wildman–Crippen MR) is 104 cm³/mol. The van der Waals surface area contributed by atoms with Crippen LogP contribution >= 0.6 is 0 Å². The first-order valence-electron chi connectivity index (χ1n) is 9.13. The first-order chi connectivity index (χ1) is 12.1. The molecule has 1 saturated carbocycles. The van der Waals surface area contributed by atoms with Crippen molar-refractivity contribution in [3.05, 3.63) is 54.1 Å². The number of benzene rings is 1. The zero-order valence-corrected chi connectivity index (χ0v) is 15.6.